The first kappa shape index (κ1) is 20.5. The Bertz CT molecular complexity index is 969. The zero-order valence-corrected chi connectivity index (χ0v) is 17.2. The number of amides is 2. The number of benzene rings is 2. The zero-order chi connectivity index (χ0) is 20.6. The topological polar surface area (TPSA) is 80.3 Å². The zero-order valence-electron chi connectivity index (χ0n) is 16.4. The SMILES string of the molecule is COc1ccc(CNC(=O)CNC(=O)c2sc(Cc3ccccc3)nc2C)cc1. The molecule has 0 aliphatic rings. The Labute approximate surface area is 173 Å². The predicted molar refractivity (Wildman–Crippen MR) is 113 cm³/mol. The van der Waals surface area contributed by atoms with Gasteiger partial charge in [-0.1, -0.05) is 42.5 Å². The third kappa shape index (κ3) is 5.89. The van der Waals surface area contributed by atoms with E-state index in [2.05, 4.69) is 15.6 Å². The second-order valence-corrected chi connectivity index (χ2v) is 7.58. The fraction of sp³-hybridized carbons (Fsp3) is 0.227. The van der Waals surface area contributed by atoms with Gasteiger partial charge in [0.2, 0.25) is 5.91 Å². The Hall–Kier alpha value is -3.19. The molecule has 29 heavy (non-hydrogen) atoms. The molecule has 2 amide bonds. The first-order chi connectivity index (χ1) is 14.0. The second kappa shape index (κ2) is 9.84. The highest BCUT2D eigenvalue weighted by atomic mass is 32.1. The summed E-state index contributed by atoms with van der Waals surface area (Å²) in [5.41, 5.74) is 2.78. The fourth-order valence-electron chi connectivity index (χ4n) is 2.76. The summed E-state index contributed by atoms with van der Waals surface area (Å²) in [5.74, 6) is 0.235. The summed E-state index contributed by atoms with van der Waals surface area (Å²) < 4.78 is 5.11. The molecule has 0 saturated carbocycles. The molecule has 0 aliphatic carbocycles. The predicted octanol–water partition coefficient (Wildman–Crippen LogP) is 3.10. The summed E-state index contributed by atoms with van der Waals surface area (Å²) >= 11 is 1.36. The molecule has 6 nitrogen and oxygen atoms in total. The van der Waals surface area contributed by atoms with Gasteiger partial charge in [0.05, 0.1) is 24.4 Å². The van der Waals surface area contributed by atoms with Gasteiger partial charge in [-0.3, -0.25) is 9.59 Å². The van der Waals surface area contributed by atoms with Crippen LogP contribution in [0.15, 0.2) is 54.6 Å². The number of thiazole rings is 1. The molecular formula is C22H23N3O3S. The van der Waals surface area contributed by atoms with Crippen molar-refractivity contribution in [2.75, 3.05) is 13.7 Å². The molecule has 0 atom stereocenters. The molecule has 0 radical (unpaired) electrons. The van der Waals surface area contributed by atoms with Crippen LogP contribution in [0.2, 0.25) is 0 Å². The molecule has 0 aliphatic heterocycles. The van der Waals surface area contributed by atoms with Crippen LogP contribution in [-0.2, 0) is 17.8 Å². The minimum absolute atomic E-state index is 0.0830. The molecule has 2 aromatic carbocycles. The van der Waals surface area contributed by atoms with Gasteiger partial charge in [0.15, 0.2) is 0 Å². The molecule has 7 heteroatoms. The van der Waals surface area contributed by atoms with Gasteiger partial charge in [-0.15, -0.1) is 11.3 Å². The minimum Gasteiger partial charge on any atom is -0.497 e. The number of aryl methyl sites for hydroxylation is 1. The number of nitrogens with zero attached hydrogens (tertiary/aromatic N) is 1. The van der Waals surface area contributed by atoms with Gasteiger partial charge in [-0.25, -0.2) is 4.98 Å². The van der Waals surface area contributed by atoms with Crippen LogP contribution in [0.3, 0.4) is 0 Å². The summed E-state index contributed by atoms with van der Waals surface area (Å²) in [6, 6.07) is 17.4. The number of carbonyl (C=O) groups excluding carboxylic acids is 2. The molecule has 0 saturated heterocycles. The lowest BCUT2D eigenvalue weighted by atomic mass is 10.2. The van der Waals surface area contributed by atoms with Crippen LogP contribution in [0.25, 0.3) is 0 Å². The maximum atomic E-state index is 12.4. The standard InChI is InChI=1S/C22H23N3O3S/c1-15-21(29-20(25-15)12-16-6-4-3-5-7-16)22(27)24-14-19(26)23-13-17-8-10-18(28-2)11-9-17/h3-11H,12-14H2,1-2H3,(H,23,26)(H,24,27). The molecule has 1 aromatic heterocycles. The van der Waals surface area contributed by atoms with E-state index in [0.29, 0.717) is 23.5 Å². The van der Waals surface area contributed by atoms with Crippen molar-refractivity contribution in [3.05, 3.63) is 81.3 Å². The Morgan fingerprint density at radius 1 is 1.00 bits per heavy atom. The largest absolute Gasteiger partial charge is 0.497 e. The summed E-state index contributed by atoms with van der Waals surface area (Å²) in [6.07, 6.45) is 0.683. The average Bonchev–Trinajstić information content (AvgIpc) is 3.11. The van der Waals surface area contributed by atoms with Crippen LogP contribution < -0.4 is 15.4 Å². The highest BCUT2D eigenvalue weighted by Gasteiger charge is 2.16. The van der Waals surface area contributed by atoms with Crippen LogP contribution in [-0.4, -0.2) is 30.5 Å². The van der Waals surface area contributed by atoms with Crippen molar-refractivity contribution >= 4 is 23.2 Å². The monoisotopic (exact) mass is 409 g/mol. The van der Waals surface area contributed by atoms with Crippen LogP contribution >= 0.6 is 11.3 Å². The lowest BCUT2D eigenvalue weighted by Gasteiger charge is -2.07. The molecule has 1 heterocycles. The van der Waals surface area contributed by atoms with Crippen LogP contribution in [0.5, 0.6) is 5.75 Å². The molecule has 2 N–H and O–H groups in total. The maximum Gasteiger partial charge on any atom is 0.263 e. The first-order valence-corrected chi connectivity index (χ1v) is 10.0. The van der Waals surface area contributed by atoms with Crippen molar-refractivity contribution in [3.8, 4) is 5.75 Å². The van der Waals surface area contributed by atoms with E-state index in [-0.39, 0.29) is 18.4 Å². The van der Waals surface area contributed by atoms with Gasteiger partial charge in [0.1, 0.15) is 10.6 Å². The summed E-state index contributed by atoms with van der Waals surface area (Å²) in [7, 11) is 1.61. The van der Waals surface area contributed by atoms with Crippen molar-refractivity contribution in [1.29, 1.82) is 0 Å². The Morgan fingerprint density at radius 3 is 2.41 bits per heavy atom. The van der Waals surface area contributed by atoms with Gasteiger partial charge in [-0.05, 0) is 30.2 Å². The number of nitrogens with one attached hydrogen (secondary N) is 2. The van der Waals surface area contributed by atoms with Gasteiger partial charge in [0.25, 0.3) is 5.91 Å². The van der Waals surface area contributed by atoms with Gasteiger partial charge in [-0.2, -0.15) is 0 Å². The molecule has 0 bridgehead atoms. The van der Waals surface area contributed by atoms with Crippen LogP contribution in [0.4, 0.5) is 0 Å². The molecule has 0 spiro atoms. The van der Waals surface area contributed by atoms with Crippen molar-refractivity contribution in [2.24, 2.45) is 0 Å². The van der Waals surface area contributed by atoms with Crippen LogP contribution in [0, 0.1) is 6.92 Å². The Morgan fingerprint density at radius 2 is 1.72 bits per heavy atom. The minimum atomic E-state index is -0.279. The van der Waals surface area contributed by atoms with Crippen molar-refractivity contribution in [3.63, 3.8) is 0 Å². The summed E-state index contributed by atoms with van der Waals surface area (Å²) in [6.45, 7) is 2.11. The molecule has 3 aromatic rings. The number of methoxy groups -OCH3 is 1. The molecule has 3 rings (SSSR count). The number of aromatic nitrogens is 1. The average molecular weight is 410 g/mol. The molecular weight excluding hydrogens is 386 g/mol. The number of rotatable bonds is 8. The van der Waals surface area contributed by atoms with Crippen LogP contribution in [0.1, 0.15) is 31.5 Å². The Balaban J connectivity index is 1.49. The first-order valence-electron chi connectivity index (χ1n) is 9.23. The highest BCUT2D eigenvalue weighted by molar-refractivity contribution is 7.13. The molecule has 150 valence electrons. The van der Waals surface area contributed by atoms with Crippen molar-refractivity contribution in [1.82, 2.24) is 15.6 Å². The van der Waals surface area contributed by atoms with Crippen molar-refractivity contribution < 1.29 is 14.3 Å². The van der Waals surface area contributed by atoms with E-state index in [0.717, 1.165) is 21.9 Å². The van der Waals surface area contributed by atoms with Crippen molar-refractivity contribution in [2.45, 2.75) is 19.9 Å². The third-order valence-electron chi connectivity index (χ3n) is 4.30. The number of hydrogen-bond donors (Lipinski definition) is 2. The number of carbonyl (C=O) groups is 2. The second-order valence-electron chi connectivity index (χ2n) is 6.49. The number of hydrogen-bond acceptors (Lipinski definition) is 5. The van der Waals surface area contributed by atoms with E-state index in [4.69, 9.17) is 4.74 Å². The van der Waals surface area contributed by atoms with E-state index in [1.165, 1.54) is 11.3 Å². The molecule has 0 unspecified atom stereocenters. The third-order valence-corrected chi connectivity index (χ3v) is 5.46. The normalized spacial score (nSPS) is 10.4. The van der Waals surface area contributed by atoms with Gasteiger partial charge >= 0.3 is 0 Å². The van der Waals surface area contributed by atoms with E-state index < -0.39 is 0 Å². The lowest BCUT2D eigenvalue weighted by molar-refractivity contribution is -0.120. The maximum absolute atomic E-state index is 12.4. The smallest absolute Gasteiger partial charge is 0.263 e. The number of ether oxygens (including phenoxy) is 1. The molecule has 0 fully saturated rings. The Kier molecular flexibility index (Phi) is 6.97. The van der Waals surface area contributed by atoms with Gasteiger partial charge in [0, 0.05) is 13.0 Å². The fourth-order valence-corrected chi connectivity index (χ4v) is 3.77. The highest BCUT2D eigenvalue weighted by Crippen LogP contribution is 2.20. The van der Waals surface area contributed by atoms with Gasteiger partial charge < -0.3 is 15.4 Å². The lowest BCUT2D eigenvalue weighted by Crippen LogP contribution is -2.36. The van der Waals surface area contributed by atoms with E-state index in [1.54, 1.807) is 7.11 Å². The van der Waals surface area contributed by atoms with E-state index in [1.807, 2.05) is 61.5 Å². The van der Waals surface area contributed by atoms with E-state index >= 15 is 0 Å². The summed E-state index contributed by atoms with van der Waals surface area (Å²) in [5, 5.41) is 6.34. The van der Waals surface area contributed by atoms with E-state index in [9.17, 15) is 9.59 Å². The summed E-state index contributed by atoms with van der Waals surface area (Å²) in [4.78, 5) is 29.5. The quantitative estimate of drug-likeness (QED) is 0.599.